The van der Waals surface area contributed by atoms with E-state index in [1.807, 2.05) is 29.8 Å². The van der Waals surface area contributed by atoms with E-state index >= 15 is 0 Å². The van der Waals surface area contributed by atoms with Gasteiger partial charge in [-0.25, -0.2) is 9.67 Å². The first-order chi connectivity index (χ1) is 10.7. The van der Waals surface area contributed by atoms with E-state index in [1.165, 1.54) is 0 Å². The van der Waals surface area contributed by atoms with Gasteiger partial charge in [0, 0.05) is 24.6 Å². The van der Waals surface area contributed by atoms with Crippen molar-refractivity contribution < 1.29 is 9.84 Å². The molecule has 3 rings (SSSR count). The van der Waals surface area contributed by atoms with Crippen LogP contribution in [0.5, 0.6) is 5.75 Å². The van der Waals surface area contributed by atoms with Crippen LogP contribution in [-0.4, -0.2) is 39.6 Å². The van der Waals surface area contributed by atoms with Crippen LogP contribution in [0, 0.1) is 6.92 Å². The number of aliphatic hydroxyl groups excluding tert-OH is 1. The molecule has 2 unspecified atom stereocenters. The molecule has 0 saturated carbocycles. The number of hydrogen-bond donors (Lipinski definition) is 2. The summed E-state index contributed by atoms with van der Waals surface area (Å²) >= 11 is 0. The van der Waals surface area contributed by atoms with Crippen LogP contribution in [0.25, 0.3) is 0 Å². The fourth-order valence-electron chi connectivity index (χ4n) is 2.91. The zero-order chi connectivity index (χ0) is 15.5. The molecular weight excluding hydrogens is 280 g/mol. The average Bonchev–Trinajstić information content (AvgIpc) is 3.00. The minimum Gasteiger partial charge on any atom is -0.496 e. The average molecular weight is 302 g/mol. The summed E-state index contributed by atoms with van der Waals surface area (Å²) < 4.78 is 7.27. The van der Waals surface area contributed by atoms with E-state index in [4.69, 9.17) is 4.74 Å². The summed E-state index contributed by atoms with van der Waals surface area (Å²) in [5, 5.41) is 18.1. The molecule has 2 N–H and O–H groups in total. The number of benzene rings is 1. The van der Waals surface area contributed by atoms with Gasteiger partial charge in [-0.05, 0) is 25.5 Å². The maximum Gasteiger partial charge on any atom is 0.138 e. The van der Waals surface area contributed by atoms with Gasteiger partial charge in [-0.15, -0.1) is 0 Å². The Labute approximate surface area is 130 Å². The molecule has 0 spiro atoms. The zero-order valence-electron chi connectivity index (χ0n) is 13.0. The van der Waals surface area contributed by atoms with Crippen molar-refractivity contribution in [1.29, 1.82) is 0 Å². The molecule has 0 saturated heterocycles. The zero-order valence-corrected chi connectivity index (χ0v) is 13.0. The van der Waals surface area contributed by atoms with Crippen molar-refractivity contribution in [2.75, 3.05) is 13.7 Å². The summed E-state index contributed by atoms with van der Waals surface area (Å²) in [4.78, 5) is 4.22. The van der Waals surface area contributed by atoms with Gasteiger partial charge in [-0.1, -0.05) is 11.6 Å². The van der Waals surface area contributed by atoms with Crippen LogP contribution in [0.4, 0.5) is 0 Å². The molecule has 1 aliphatic rings. The Morgan fingerprint density at radius 2 is 2.36 bits per heavy atom. The smallest absolute Gasteiger partial charge is 0.138 e. The van der Waals surface area contributed by atoms with Crippen LogP contribution in [0.1, 0.15) is 29.5 Å². The van der Waals surface area contributed by atoms with Crippen molar-refractivity contribution in [2.45, 2.75) is 38.5 Å². The van der Waals surface area contributed by atoms with Gasteiger partial charge in [0.2, 0.25) is 0 Å². The Bertz CT molecular complexity index is 641. The molecular formula is C16H22N4O2. The lowest BCUT2D eigenvalue weighted by atomic mass is 10.0. The van der Waals surface area contributed by atoms with Gasteiger partial charge in [0.1, 0.15) is 17.9 Å². The van der Waals surface area contributed by atoms with Gasteiger partial charge in [-0.2, -0.15) is 5.10 Å². The predicted octanol–water partition coefficient (Wildman–Crippen LogP) is 1.23. The SMILES string of the molecule is COc1ccc(C)cc1C(O)CNC1CCc2ncnn2C1. The van der Waals surface area contributed by atoms with E-state index in [1.54, 1.807) is 13.4 Å². The first kappa shape index (κ1) is 15.0. The molecule has 1 aliphatic heterocycles. The summed E-state index contributed by atoms with van der Waals surface area (Å²) in [6, 6.07) is 6.16. The van der Waals surface area contributed by atoms with Crippen LogP contribution < -0.4 is 10.1 Å². The number of aromatic nitrogens is 3. The number of aryl methyl sites for hydroxylation is 2. The van der Waals surface area contributed by atoms with Gasteiger partial charge in [0.15, 0.2) is 0 Å². The van der Waals surface area contributed by atoms with Crippen LogP contribution in [0.3, 0.4) is 0 Å². The Morgan fingerprint density at radius 1 is 1.50 bits per heavy atom. The minimum atomic E-state index is -0.591. The van der Waals surface area contributed by atoms with E-state index < -0.39 is 6.10 Å². The fourth-order valence-corrected chi connectivity index (χ4v) is 2.91. The van der Waals surface area contributed by atoms with E-state index in [2.05, 4.69) is 15.4 Å². The third-order valence-corrected chi connectivity index (χ3v) is 4.15. The molecule has 6 heteroatoms. The molecule has 2 atom stereocenters. The normalized spacial score (nSPS) is 18.8. The molecule has 6 nitrogen and oxygen atoms in total. The number of methoxy groups -OCH3 is 1. The van der Waals surface area contributed by atoms with Crippen molar-refractivity contribution in [2.24, 2.45) is 0 Å². The number of nitrogens with zero attached hydrogens (tertiary/aromatic N) is 3. The standard InChI is InChI=1S/C16H22N4O2/c1-11-3-5-15(22-2)13(7-11)14(21)8-17-12-4-6-16-18-10-19-20(16)9-12/h3,5,7,10,12,14,17,21H,4,6,8-9H2,1-2H3. The second-order valence-corrected chi connectivity index (χ2v) is 5.76. The van der Waals surface area contributed by atoms with Crippen molar-refractivity contribution in [3.05, 3.63) is 41.5 Å². The fraction of sp³-hybridized carbons (Fsp3) is 0.500. The highest BCUT2D eigenvalue weighted by molar-refractivity contribution is 5.38. The third-order valence-electron chi connectivity index (χ3n) is 4.15. The highest BCUT2D eigenvalue weighted by Crippen LogP contribution is 2.26. The number of fused-ring (bicyclic) bond motifs is 1. The number of nitrogens with one attached hydrogen (secondary N) is 1. The second-order valence-electron chi connectivity index (χ2n) is 5.76. The maximum absolute atomic E-state index is 10.5. The molecule has 0 fully saturated rings. The molecule has 2 aromatic rings. The number of rotatable bonds is 5. The predicted molar refractivity (Wildman–Crippen MR) is 82.8 cm³/mol. The van der Waals surface area contributed by atoms with Crippen LogP contribution >= 0.6 is 0 Å². The van der Waals surface area contributed by atoms with Crippen molar-refractivity contribution >= 4 is 0 Å². The lowest BCUT2D eigenvalue weighted by Crippen LogP contribution is -2.39. The van der Waals surface area contributed by atoms with Crippen molar-refractivity contribution in [1.82, 2.24) is 20.1 Å². The Balaban J connectivity index is 1.61. The topological polar surface area (TPSA) is 72.2 Å². The van der Waals surface area contributed by atoms with E-state index in [9.17, 15) is 5.11 Å². The summed E-state index contributed by atoms with van der Waals surface area (Å²) in [7, 11) is 1.63. The summed E-state index contributed by atoms with van der Waals surface area (Å²) in [6.45, 7) is 3.30. The summed E-state index contributed by atoms with van der Waals surface area (Å²) in [6.07, 6.45) is 2.94. The van der Waals surface area contributed by atoms with Crippen molar-refractivity contribution in [3.63, 3.8) is 0 Å². The van der Waals surface area contributed by atoms with Gasteiger partial charge in [0.05, 0.1) is 19.8 Å². The van der Waals surface area contributed by atoms with Gasteiger partial charge < -0.3 is 15.2 Å². The Kier molecular flexibility index (Phi) is 4.40. The van der Waals surface area contributed by atoms with E-state index in [0.717, 1.165) is 42.1 Å². The largest absolute Gasteiger partial charge is 0.496 e. The van der Waals surface area contributed by atoms with Crippen LogP contribution in [0.2, 0.25) is 0 Å². The van der Waals surface area contributed by atoms with Crippen LogP contribution in [0.15, 0.2) is 24.5 Å². The molecule has 2 heterocycles. The molecule has 1 aromatic carbocycles. The molecule has 118 valence electrons. The number of aliphatic hydroxyl groups is 1. The van der Waals surface area contributed by atoms with Crippen LogP contribution in [-0.2, 0) is 13.0 Å². The molecule has 1 aromatic heterocycles. The van der Waals surface area contributed by atoms with E-state index in [0.29, 0.717) is 12.6 Å². The highest BCUT2D eigenvalue weighted by atomic mass is 16.5. The number of hydrogen-bond acceptors (Lipinski definition) is 5. The monoisotopic (exact) mass is 302 g/mol. The lowest BCUT2D eigenvalue weighted by molar-refractivity contribution is 0.161. The molecule has 0 amide bonds. The number of ether oxygens (including phenoxy) is 1. The first-order valence-corrected chi connectivity index (χ1v) is 7.60. The Hall–Kier alpha value is -1.92. The van der Waals surface area contributed by atoms with E-state index in [-0.39, 0.29) is 0 Å². The third kappa shape index (κ3) is 3.13. The molecule has 0 bridgehead atoms. The molecule has 0 aliphatic carbocycles. The second kappa shape index (κ2) is 6.46. The molecule has 0 radical (unpaired) electrons. The first-order valence-electron chi connectivity index (χ1n) is 7.60. The summed E-state index contributed by atoms with van der Waals surface area (Å²) in [5.41, 5.74) is 1.94. The lowest BCUT2D eigenvalue weighted by Gasteiger charge is -2.25. The highest BCUT2D eigenvalue weighted by Gasteiger charge is 2.21. The summed E-state index contributed by atoms with van der Waals surface area (Å²) in [5.74, 6) is 1.76. The molecule has 22 heavy (non-hydrogen) atoms. The maximum atomic E-state index is 10.5. The minimum absolute atomic E-state index is 0.305. The quantitative estimate of drug-likeness (QED) is 0.869. The Morgan fingerprint density at radius 3 is 3.18 bits per heavy atom. The van der Waals surface area contributed by atoms with Gasteiger partial charge in [-0.3, -0.25) is 0 Å². The van der Waals surface area contributed by atoms with Crippen molar-refractivity contribution in [3.8, 4) is 5.75 Å². The van der Waals surface area contributed by atoms with Gasteiger partial charge in [0.25, 0.3) is 0 Å². The van der Waals surface area contributed by atoms with Gasteiger partial charge >= 0.3 is 0 Å².